The van der Waals surface area contributed by atoms with Crippen LogP contribution in [0.5, 0.6) is 11.5 Å². The highest BCUT2D eigenvalue weighted by molar-refractivity contribution is 5.98. The zero-order valence-electron chi connectivity index (χ0n) is 11.5. The normalized spacial score (nSPS) is 10.3. The van der Waals surface area contributed by atoms with E-state index in [-0.39, 0.29) is 18.1 Å². The number of hydrogen-bond acceptors (Lipinski definition) is 5. The Kier molecular flexibility index (Phi) is 3.93. The summed E-state index contributed by atoms with van der Waals surface area (Å²) >= 11 is 0. The molecule has 0 aliphatic carbocycles. The highest BCUT2D eigenvalue weighted by Gasteiger charge is 2.15. The van der Waals surface area contributed by atoms with Crippen molar-refractivity contribution in [2.24, 2.45) is 0 Å². The average Bonchev–Trinajstić information content (AvgIpc) is 2.87. The summed E-state index contributed by atoms with van der Waals surface area (Å²) in [5, 5.41) is 0.760. The monoisotopic (exact) mass is 277 g/mol. The van der Waals surface area contributed by atoms with E-state index in [2.05, 4.69) is 4.98 Å². The Morgan fingerprint density at radius 3 is 2.50 bits per heavy atom. The molecule has 0 bridgehead atoms. The molecule has 106 valence electrons. The van der Waals surface area contributed by atoms with E-state index < -0.39 is 5.97 Å². The third-order valence-corrected chi connectivity index (χ3v) is 2.75. The molecule has 1 N–H and O–H groups in total. The van der Waals surface area contributed by atoms with Crippen LogP contribution in [0.25, 0.3) is 10.9 Å². The summed E-state index contributed by atoms with van der Waals surface area (Å²) < 4.78 is 15.3. The molecule has 0 amide bonds. The van der Waals surface area contributed by atoms with E-state index >= 15 is 0 Å². The number of Topliss-reactive ketones (excluding diaryl/α,β-unsaturated/α-hetero) is 1. The Labute approximate surface area is 115 Å². The van der Waals surface area contributed by atoms with Crippen molar-refractivity contribution in [3.8, 4) is 11.5 Å². The molecule has 0 aliphatic heterocycles. The van der Waals surface area contributed by atoms with Crippen LogP contribution in [-0.4, -0.2) is 37.6 Å². The number of esters is 1. The summed E-state index contributed by atoms with van der Waals surface area (Å²) in [5.41, 5.74) is 0.927. The van der Waals surface area contributed by atoms with Crippen molar-refractivity contribution >= 4 is 22.7 Å². The van der Waals surface area contributed by atoms with Gasteiger partial charge >= 0.3 is 5.97 Å². The van der Waals surface area contributed by atoms with E-state index in [0.717, 1.165) is 5.39 Å². The first kappa shape index (κ1) is 13.9. The smallest absolute Gasteiger partial charge is 0.355 e. The van der Waals surface area contributed by atoms with Gasteiger partial charge in [0.2, 0.25) is 0 Å². The van der Waals surface area contributed by atoms with Crippen LogP contribution in [0.15, 0.2) is 18.2 Å². The Hall–Kier alpha value is -2.50. The molecule has 0 unspecified atom stereocenters. The Morgan fingerprint density at radius 2 is 1.90 bits per heavy atom. The third kappa shape index (κ3) is 2.74. The van der Waals surface area contributed by atoms with Crippen LogP contribution >= 0.6 is 0 Å². The molecule has 20 heavy (non-hydrogen) atoms. The molecule has 6 nitrogen and oxygen atoms in total. The van der Waals surface area contributed by atoms with Gasteiger partial charge in [0.1, 0.15) is 23.8 Å². The fourth-order valence-corrected chi connectivity index (χ4v) is 1.82. The summed E-state index contributed by atoms with van der Waals surface area (Å²) in [5.74, 6) is 0.383. The van der Waals surface area contributed by atoms with Gasteiger partial charge in [0, 0.05) is 11.5 Å². The second kappa shape index (κ2) is 5.64. The Balaban J connectivity index is 2.37. The molecule has 0 radical (unpaired) electrons. The van der Waals surface area contributed by atoms with Gasteiger partial charge in [-0.1, -0.05) is 0 Å². The van der Waals surface area contributed by atoms with Crippen molar-refractivity contribution in [1.29, 1.82) is 0 Å². The number of aromatic amines is 1. The minimum atomic E-state index is -0.586. The molecule has 0 aliphatic rings. The fourth-order valence-electron chi connectivity index (χ4n) is 1.82. The van der Waals surface area contributed by atoms with Crippen LogP contribution in [0.1, 0.15) is 17.4 Å². The molecule has 0 saturated heterocycles. The first-order valence-corrected chi connectivity index (χ1v) is 5.96. The number of carbonyl (C=O) groups is 2. The summed E-state index contributed by atoms with van der Waals surface area (Å²) in [4.78, 5) is 25.5. The van der Waals surface area contributed by atoms with Crippen molar-refractivity contribution in [3.05, 3.63) is 23.9 Å². The molecule has 0 saturated carbocycles. The number of fused-ring (bicyclic) bond motifs is 1. The number of methoxy groups -OCH3 is 2. The van der Waals surface area contributed by atoms with Crippen molar-refractivity contribution < 1.29 is 23.8 Å². The summed E-state index contributed by atoms with van der Waals surface area (Å²) in [6, 6.07) is 5.11. The van der Waals surface area contributed by atoms with Crippen LogP contribution in [-0.2, 0) is 9.53 Å². The summed E-state index contributed by atoms with van der Waals surface area (Å²) in [6.45, 7) is 1.11. The SMILES string of the molecule is COc1cc(OC)c2[nH]c(C(=O)OCC(C)=O)cc2c1. The molecule has 0 fully saturated rings. The molecule has 0 spiro atoms. The van der Waals surface area contributed by atoms with Crippen molar-refractivity contribution in [3.63, 3.8) is 0 Å². The second-order valence-corrected chi connectivity index (χ2v) is 4.26. The van der Waals surface area contributed by atoms with Gasteiger partial charge in [0.25, 0.3) is 0 Å². The van der Waals surface area contributed by atoms with Gasteiger partial charge in [-0.3, -0.25) is 4.79 Å². The number of aromatic nitrogens is 1. The Bertz CT molecular complexity index is 659. The average molecular weight is 277 g/mol. The van der Waals surface area contributed by atoms with E-state index in [9.17, 15) is 9.59 Å². The number of hydrogen-bond donors (Lipinski definition) is 1. The van der Waals surface area contributed by atoms with Crippen molar-refractivity contribution in [1.82, 2.24) is 4.98 Å². The maximum atomic E-state index is 11.8. The minimum Gasteiger partial charge on any atom is -0.497 e. The maximum absolute atomic E-state index is 11.8. The van der Waals surface area contributed by atoms with Gasteiger partial charge in [-0.2, -0.15) is 0 Å². The van der Waals surface area contributed by atoms with Crippen LogP contribution in [0.4, 0.5) is 0 Å². The number of H-pyrrole nitrogens is 1. The quantitative estimate of drug-likeness (QED) is 0.845. The Morgan fingerprint density at radius 1 is 1.15 bits per heavy atom. The number of ketones is 1. The molecule has 1 aromatic carbocycles. The summed E-state index contributed by atoms with van der Waals surface area (Å²) in [6.07, 6.45) is 0. The molecule has 1 heterocycles. The molecule has 1 aromatic heterocycles. The predicted molar refractivity (Wildman–Crippen MR) is 72.4 cm³/mol. The van der Waals surface area contributed by atoms with E-state index in [0.29, 0.717) is 17.0 Å². The lowest BCUT2D eigenvalue weighted by molar-refractivity contribution is -0.120. The van der Waals surface area contributed by atoms with E-state index in [1.165, 1.54) is 14.0 Å². The highest BCUT2D eigenvalue weighted by Crippen LogP contribution is 2.31. The van der Waals surface area contributed by atoms with Gasteiger partial charge in [-0.25, -0.2) is 4.79 Å². The standard InChI is InChI=1S/C14H15NO5/c1-8(16)7-20-14(17)11-5-9-4-10(18-2)6-12(19-3)13(9)15-11/h4-6,15H,7H2,1-3H3. The lowest BCUT2D eigenvalue weighted by Gasteiger charge is -2.05. The van der Waals surface area contributed by atoms with Gasteiger partial charge in [0.15, 0.2) is 5.78 Å². The molecule has 2 rings (SSSR count). The van der Waals surface area contributed by atoms with E-state index in [4.69, 9.17) is 14.2 Å². The maximum Gasteiger partial charge on any atom is 0.355 e. The molecule has 0 atom stereocenters. The first-order chi connectivity index (χ1) is 9.55. The second-order valence-electron chi connectivity index (χ2n) is 4.26. The van der Waals surface area contributed by atoms with Gasteiger partial charge in [-0.15, -0.1) is 0 Å². The topological polar surface area (TPSA) is 77.6 Å². The van der Waals surface area contributed by atoms with Gasteiger partial charge in [0.05, 0.1) is 19.7 Å². The lowest BCUT2D eigenvalue weighted by Crippen LogP contribution is -2.11. The van der Waals surface area contributed by atoms with Crippen molar-refractivity contribution in [2.75, 3.05) is 20.8 Å². The number of ether oxygens (including phenoxy) is 3. The van der Waals surface area contributed by atoms with E-state index in [1.807, 2.05) is 0 Å². The number of rotatable bonds is 5. The fraction of sp³-hybridized carbons (Fsp3) is 0.286. The van der Waals surface area contributed by atoms with Crippen molar-refractivity contribution in [2.45, 2.75) is 6.92 Å². The predicted octanol–water partition coefficient (Wildman–Crippen LogP) is 1.93. The largest absolute Gasteiger partial charge is 0.497 e. The zero-order chi connectivity index (χ0) is 14.7. The zero-order valence-corrected chi connectivity index (χ0v) is 11.5. The van der Waals surface area contributed by atoms with Crippen LogP contribution < -0.4 is 9.47 Å². The third-order valence-electron chi connectivity index (χ3n) is 2.75. The molecule has 6 heteroatoms. The number of benzene rings is 1. The number of nitrogens with one attached hydrogen (secondary N) is 1. The molecular weight excluding hydrogens is 262 g/mol. The van der Waals surface area contributed by atoms with Gasteiger partial charge in [-0.05, 0) is 19.1 Å². The minimum absolute atomic E-state index is 0.214. The lowest BCUT2D eigenvalue weighted by atomic mass is 10.2. The van der Waals surface area contributed by atoms with Crippen LogP contribution in [0, 0.1) is 0 Å². The summed E-state index contributed by atoms with van der Waals surface area (Å²) in [7, 11) is 3.08. The highest BCUT2D eigenvalue weighted by atomic mass is 16.5. The first-order valence-electron chi connectivity index (χ1n) is 5.96. The van der Waals surface area contributed by atoms with Crippen LogP contribution in [0.2, 0.25) is 0 Å². The van der Waals surface area contributed by atoms with Crippen LogP contribution in [0.3, 0.4) is 0 Å². The molecular formula is C14H15NO5. The molecule has 2 aromatic rings. The van der Waals surface area contributed by atoms with E-state index in [1.54, 1.807) is 25.3 Å². The van der Waals surface area contributed by atoms with Gasteiger partial charge < -0.3 is 19.2 Å². The number of carbonyl (C=O) groups excluding carboxylic acids is 2.